The fraction of sp³-hybridized carbons (Fsp3) is 0.115. The van der Waals surface area contributed by atoms with Crippen LogP contribution < -0.4 is 5.32 Å². The second kappa shape index (κ2) is 9.15. The highest BCUT2D eigenvalue weighted by Crippen LogP contribution is 2.38. The normalized spacial score (nSPS) is 16.0. The molecule has 1 unspecified atom stereocenters. The lowest BCUT2D eigenvalue weighted by atomic mass is 9.94. The minimum absolute atomic E-state index is 0.299. The van der Waals surface area contributed by atoms with Crippen LogP contribution in [0.5, 0.6) is 0 Å². The summed E-state index contributed by atoms with van der Waals surface area (Å²) in [5, 5.41) is 8.00. The fourth-order valence-electron chi connectivity index (χ4n) is 3.96. The number of benzene rings is 3. The van der Waals surface area contributed by atoms with Gasteiger partial charge in [-0.3, -0.25) is 0 Å². The van der Waals surface area contributed by atoms with Crippen molar-refractivity contribution in [2.24, 2.45) is 0 Å². The second-order valence-electron chi connectivity index (χ2n) is 7.93. The fourth-order valence-corrected chi connectivity index (χ4v) is 4.28. The Morgan fingerprint density at radius 2 is 1.59 bits per heavy atom. The van der Waals surface area contributed by atoms with Gasteiger partial charge in [0, 0.05) is 17.8 Å². The number of aromatic nitrogens is 2. The summed E-state index contributed by atoms with van der Waals surface area (Å²) in [5.41, 5.74) is 4.07. The van der Waals surface area contributed by atoms with Crippen LogP contribution >= 0.6 is 12.2 Å². The lowest BCUT2D eigenvalue weighted by Gasteiger charge is -2.37. The van der Waals surface area contributed by atoms with Crippen molar-refractivity contribution < 1.29 is 13.3 Å². The predicted octanol–water partition coefficient (Wildman–Crippen LogP) is 5.88. The zero-order valence-corrected chi connectivity index (χ0v) is 19.0. The van der Waals surface area contributed by atoms with Gasteiger partial charge in [0.2, 0.25) is 5.82 Å². The Morgan fingerprint density at radius 1 is 0.941 bits per heavy atom. The molecule has 5 nitrogen and oxygen atoms in total. The van der Waals surface area contributed by atoms with E-state index in [4.69, 9.17) is 16.7 Å². The number of nitrogens with one attached hydrogen (secondary N) is 1. The summed E-state index contributed by atoms with van der Waals surface area (Å²) in [6, 6.07) is 21.6. The van der Waals surface area contributed by atoms with E-state index < -0.39 is 6.04 Å². The molecule has 5 rings (SSSR count). The van der Waals surface area contributed by atoms with Crippen molar-refractivity contribution in [3.05, 3.63) is 113 Å². The quantitative estimate of drug-likeness (QED) is 0.365. The lowest BCUT2D eigenvalue weighted by molar-refractivity contribution is 0.396. The van der Waals surface area contributed by atoms with Crippen LogP contribution in [0.15, 0.2) is 89.1 Å². The molecule has 0 amide bonds. The van der Waals surface area contributed by atoms with Crippen LogP contribution in [0.2, 0.25) is 0 Å². The van der Waals surface area contributed by atoms with E-state index in [1.54, 1.807) is 24.3 Å². The Hall–Kier alpha value is -3.91. The first-order valence-corrected chi connectivity index (χ1v) is 11.1. The van der Waals surface area contributed by atoms with E-state index in [9.17, 15) is 8.78 Å². The van der Waals surface area contributed by atoms with Gasteiger partial charge in [0.15, 0.2) is 5.11 Å². The van der Waals surface area contributed by atoms with Crippen LogP contribution in [0, 0.1) is 11.6 Å². The standard InChI is InChI=1S/C26H20F2N4OS/c1-16-22(25-30-24(31-33-25)19-5-3-2-4-6-19)23(18-9-13-21(28)14-10-18)29-26(34)32(16)15-17-7-11-20(27)12-8-17/h2-14,23H,15H2,1H3,(H,29,34). The molecule has 1 aromatic heterocycles. The van der Waals surface area contributed by atoms with E-state index in [0.29, 0.717) is 23.4 Å². The Labute approximate surface area is 200 Å². The first-order valence-electron chi connectivity index (χ1n) is 10.7. The molecule has 0 aliphatic carbocycles. The summed E-state index contributed by atoms with van der Waals surface area (Å²) in [4.78, 5) is 6.56. The van der Waals surface area contributed by atoms with Gasteiger partial charge in [0.05, 0.1) is 11.6 Å². The maximum atomic E-state index is 13.6. The Kier molecular flexibility index (Phi) is 5.90. The van der Waals surface area contributed by atoms with Crippen molar-refractivity contribution in [1.82, 2.24) is 20.4 Å². The van der Waals surface area contributed by atoms with Crippen LogP contribution in [0.3, 0.4) is 0 Å². The van der Waals surface area contributed by atoms with Gasteiger partial charge < -0.3 is 14.7 Å². The van der Waals surface area contributed by atoms with E-state index in [1.165, 1.54) is 24.3 Å². The first-order chi connectivity index (χ1) is 16.5. The molecule has 1 aliphatic heterocycles. The number of allylic oxidation sites excluding steroid dienone is 1. The first kappa shape index (κ1) is 21.9. The molecule has 0 fully saturated rings. The minimum atomic E-state index is -0.415. The van der Waals surface area contributed by atoms with Crippen molar-refractivity contribution in [3.8, 4) is 11.4 Å². The van der Waals surface area contributed by atoms with Crippen LogP contribution in [0.25, 0.3) is 17.0 Å². The molecule has 0 saturated carbocycles. The van der Waals surface area contributed by atoms with Gasteiger partial charge in [-0.05, 0) is 54.5 Å². The van der Waals surface area contributed by atoms with Crippen molar-refractivity contribution in [2.45, 2.75) is 19.5 Å². The van der Waals surface area contributed by atoms with E-state index in [2.05, 4.69) is 15.5 Å². The number of nitrogens with zero attached hydrogens (tertiary/aromatic N) is 3. The molecule has 170 valence electrons. The van der Waals surface area contributed by atoms with E-state index in [-0.39, 0.29) is 11.6 Å². The van der Waals surface area contributed by atoms with Crippen LogP contribution in [0.4, 0.5) is 8.78 Å². The second-order valence-corrected chi connectivity index (χ2v) is 8.32. The van der Waals surface area contributed by atoms with E-state index in [1.807, 2.05) is 42.2 Å². The zero-order valence-electron chi connectivity index (χ0n) is 18.2. The molecule has 0 spiro atoms. The molecule has 1 atom stereocenters. The van der Waals surface area contributed by atoms with Gasteiger partial charge in [-0.2, -0.15) is 4.98 Å². The molecule has 0 saturated heterocycles. The molecule has 8 heteroatoms. The van der Waals surface area contributed by atoms with Crippen LogP contribution in [0.1, 0.15) is 30.0 Å². The molecule has 1 N–H and O–H groups in total. The van der Waals surface area contributed by atoms with Gasteiger partial charge in [-0.15, -0.1) is 0 Å². The average Bonchev–Trinajstić information content (AvgIpc) is 3.33. The molecule has 0 radical (unpaired) electrons. The molecular formula is C26H20F2N4OS. The summed E-state index contributed by atoms with van der Waals surface area (Å²) < 4.78 is 32.7. The molecule has 1 aliphatic rings. The maximum absolute atomic E-state index is 13.6. The SMILES string of the molecule is CC1=C(c2nc(-c3ccccc3)no2)C(c2ccc(F)cc2)NC(=S)N1Cc1ccc(F)cc1. The smallest absolute Gasteiger partial charge is 0.258 e. The van der Waals surface area contributed by atoms with Gasteiger partial charge in [-0.1, -0.05) is 59.8 Å². The molecular weight excluding hydrogens is 454 g/mol. The number of halogens is 2. The van der Waals surface area contributed by atoms with Crippen molar-refractivity contribution in [2.75, 3.05) is 0 Å². The maximum Gasteiger partial charge on any atom is 0.258 e. The third kappa shape index (κ3) is 4.32. The van der Waals surface area contributed by atoms with Crippen molar-refractivity contribution in [1.29, 1.82) is 0 Å². The lowest BCUT2D eigenvalue weighted by Crippen LogP contribution is -2.45. The number of hydrogen-bond acceptors (Lipinski definition) is 4. The minimum Gasteiger partial charge on any atom is -0.351 e. The number of thiocarbonyl (C=S) groups is 1. The number of rotatable bonds is 5. The van der Waals surface area contributed by atoms with Gasteiger partial charge in [0.25, 0.3) is 5.89 Å². The Balaban J connectivity index is 1.59. The molecule has 4 aromatic rings. The van der Waals surface area contributed by atoms with Gasteiger partial charge in [0.1, 0.15) is 11.6 Å². The third-order valence-electron chi connectivity index (χ3n) is 5.74. The van der Waals surface area contributed by atoms with Crippen LogP contribution in [-0.4, -0.2) is 20.2 Å². The van der Waals surface area contributed by atoms with E-state index in [0.717, 1.165) is 28.0 Å². The highest BCUT2D eigenvalue weighted by molar-refractivity contribution is 7.80. The summed E-state index contributed by atoms with van der Waals surface area (Å²) in [7, 11) is 0. The predicted molar refractivity (Wildman–Crippen MR) is 129 cm³/mol. The summed E-state index contributed by atoms with van der Waals surface area (Å²) in [6.45, 7) is 2.35. The highest BCUT2D eigenvalue weighted by Gasteiger charge is 2.34. The largest absolute Gasteiger partial charge is 0.351 e. The van der Waals surface area contributed by atoms with Gasteiger partial charge in [-0.25, -0.2) is 8.78 Å². The molecule has 3 aromatic carbocycles. The molecule has 2 heterocycles. The summed E-state index contributed by atoms with van der Waals surface area (Å²) >= 11 is 5.68. The third-order valence-corrected chi connectivity index (χ3v) is 6.08. The zero-order chi connectivity index (χ0) is 23.7. The molecule has 34 heavy (non-hydrogen) atoms. The average molecular weight is 475 g/mol. The van der Waals surface area contributed by atoms with Crippen LogP contribution in [-0.2, 0) is 6.54 Å². The van der Waals surface area contributed by atoms with Gasteiger partial charge >= 0.3 is 0 Å². The number of hydrogen-bond donors (Lipinski definition) is 1. The van der Waals surface area contributed by atoms with Crippen molar-refractivity contribution >= 4 is 22.9 Å². The topological polar surface area (TPSA) is 54.2 Å². The summed E-state index contributed by atoms with van der Waals surface area (Å²) in [6.07, 6.45) is 0. The highest BCUT2D eigenvalue weighted by atomic mass is 32.1. The van der Waals surface area contributed by atoms with Crippen molar-refractivity contribution in [3.63, 3.8) is 0 Å². The Morgan fingerprint density at radius 3 is 2.26 bits per heavy atom. The summed E-state index contributed by atoms with van der Waals surface area (Å²) in [5.74, 6) is 0.176. The molecule has 0 bridgehead atoms. The monoisotopic (exact) mass is 474 g/mol. The van der Waals surface area contributed by atoms with E-state index >= 15 is 0 Å². The Bertz CT molecular complexity index is 1350.